The van der Waals surface area contributed by atoms with E-state index >= 15 is 0 Å². The van der Waals surface area contributed by atoms with Crippen LogP contribution < -0.4 is 16.4 Å². The Labute approximate surface area is 252 Å². The van der Waals surface area contributed by atoms with Gasteiger partial charge in [-0.1, -0.05) is 97.4 Å². The summed E-state index contributed by atoms with van der Waals surface area (Å²) < 4.78 is 10.6. The van der Waals surface area contributed by atoms with Crippen LogP contribution in [0, 0.1) is 5.92 Å². The van der Waals surface area contributed by atoms with E-state index in [1.807, 2.05) is 91.0 Å². The Kier molecular flexibility index (Phi) is 11.0. The molecule has 1 aliphatic rings. The number of Topliss-reactive ketones (excluding diaryl/α,β-unsaturated/α-hetero) is 1. The Morgan fingerprint density at radius 1 is 0.791 bits per heavy atom. The molecule has 1 fully saturated rings. The van der Waals surface area contributed by atoms with E-state index in [4.69, 9.17) is 15.2 Å². The van der Waals surface area contributed by atoms with Crippen LogP contribution in [0.4, 0.5) is 4.79 Å². The van der Waals surface area contributed by atoms with Gasteiger partial charge in [0, 0.05) is 12.3 Å². The molecule has 226 valence electrons. The standard InChI is InChI=1S/C34H39N3O6/c1-2-42-32(40)34(35)20-12-19-27(34)30(38)28(21-24-13-6-3-7-14-24)36-31(39)29(22-25-15-8-4-9-16-25)37-33(41)43-23-26-17-10-5-11-18-26/h3-11,13-18,27-29H,2,12,19-23,35H2,1H3,(H,36,39)(H,37,41). The number of amides is 2. The summed E-state index contributed by atoms with van der Waals surface area (Å²) in [6.45, 7) is 1.88. The third-order valence-electron chi connectivity index (χ3n) is 7.75. The highest BCUT2D eigenvalue weighted by Gasteiger charge is 2.52. The SMILES string of the molecule is CCOC(=O)C1(N)CCCC1C(=O)C(Cc1ccccc1)NC(=O)C(Cc1ccccc1)NC(=O)OCc1ccccc1. The van der Waals surface area contributed by atoms with Crippen LogP contribution in [-0.2, 0) is 43.3 Å². The first kappa shape index (κ1) is 31.4. The van der Waals surface area contributed by atoms with Gasteiger partial charge >= 0.3 is 12.1 Å². The molecular formula is C34H39N3O6. The van der Waals surface area contributed by atoms with Gasteiger partial charge in [-0.3, -0.25) is 14.4 Å². The molecule has 0 bridgehead atoms. The van der Waals surface area contributed by atoms with Crippen LogP contribution in [0.15, 0.2) is 91.0 Å². The van der Waals surface area contributed by atoms with Crippen molar-refractivity contribution in [2.24, 2.45) is 11.7 Å². The number of benzene rings is 3. The van der Waals surface area contributed by atoms with Crippen molar-refractivity contribution in [3.8, 4) is 0 Å². The van der Waals surface area contributed by atoms with Crippen molar-refractivity contribution in [1.29, 1.82) is 0 Å². The first-order chi connectivity index (χ1) is 20.8. The van der Waals surface area contributed by atoms with Gasteiger partial charge in [-0.05, 0) is 42.9 Å². The predicted octanol–water partition coefficient (Wildman–Crippen LogP) is 3.88. The third kappa shape index (κ3) is 8.51. The molecule has 1 aliphatic carbocycles. The van der Waals surface area contributed by atoms with E-state index in [0.29, 0.717) is 19.3 Å². The van der Waals surface area contributed by atoms with E-state index in [0.717, 1.165) is 16.7 Å². The van der Waals surface area contributed by atoms with Crippen molar-refractivity contribution >= 4 is 23.8 Å². The number of carbonyl (C=O) groups excluding carboxylic acids is 4. The lowest BCUT2D eigenvalue weighted by atomic mass is 9.81. The fourth-order valence-electron chi connectivity index (χ4n) is 5.49. The lowest BCUT2D eigenvalue weighted by Gasteiger charge is -2.31. The van der Waals surface area contributed by atoms with Crippen LogP contribution in [0.2, 0.25) is 0 Å². The predicted molar refractivity (Wildman–Crippen MR) is 162 cm³/mol. The number of hydrogen-bond donors (Lipinski definition) is 3. The van der Waals surface area contributed by atoms with Crippen LogP contribution in [0.25, 0.3) is 0 Å². The summed E-state index contributed by atoms with van der Waals surface area (Å²) in [5.41, 5.74) is 7.51. The van der Waals surface area contributed by atoms with Crippen molar-refractivity contribution in [2.75, 3.05) is 6.61 Å². The van der Waals surface area contributed by atoms with Crippen molar-refractivity contribution in [1.82, 2.24) is 10.6 Å². The van der Waals surface area contributed by atoms with E-state index < -0.39 is 41.5 Å². The molecule has 9 nitrogen and oxygen atoms in total. The second-order valence-corrected chi connectivity index (χ2v) is 10.8. The molecule has 1 saturated carbocycles. The van der Waals surface area contributed by atoms with Gasteiger partial charge in [-0.2, -0.15) is 0 Å². The summed E-state index contributed by atoms with van der Waals surface area (Å²) in [4.78, 5) is 53.5. The highest BCUT2D eigenvalue weighted by Crippen LogP contribution is 2.36. The van der Waals surface area contributed by atoms with Gasteiger partial charge in [0.1, 0.15) is 18.2 Å². The first-order valence-electron chi connectivity index (χ1n) is 14.7. The number of ketones is 1. The molecule has 3 aromatic carbocycles. The minimum absolute atomic E-state index is 0.0373. The van der Waals surface area contributed by atoms with Crippen molar-refractivity contribution in [3.05, 3.63) is 108 Å². The van der Waals surface area contributed by atoms with Crippen LogP contribution in [-0.4, -0.2) is 48.0 Å². The summed E-state index contributed by atoms with van der Waals surface area (Å²) in [5.74, 6) is -2.32. The average Bonchev–Trinajstić information content (AvgIpc) is 3.43. The molecule has 4 N–H and O–H groups in total. The van der Waals surface area contributed by atoms with Crippen LogP contribution in [0.3, 0.4) is 0 Å². The lowest BCUT2D eigenvalue weighted by molar-refractivity contribution is -0.153. The lowest BCUT2D eigenvalue weighted by Crippen LogP contribution is -2.59. The number of ether oxygens (including phenoxy) is 2. The molecule has 0 spiro atoms. The second-order valence-electron chi connectivity index (χ2n) is 10.8. The maximum absolute atomic E-state index is 14.1. The Bertz CT molecular complexity index is 1370. The van der Waals surface area contributed by atoms with E-state index in [1.54, 1.807) is 6.92 Å². The van der Waals surface area contributed by atoms with E-state index in [1.165, 1.54) is 0 Å². The quantitative estimate of drug-likeness (QED) is 0.259. The summed E-state index contributed by atoms with van der Waals surface area (Å²) >= 11 is 0. The van der Waals surface area contributed by atoms with Gasteiger partial charge in [-0.25, -0.2) is 4.79 Å². The molecule has 3 aromatic rings. The zero-order chi connectivity index (χ0) is 30.7. The summed E-state index contributed by atoms with van der Waals surface area (Å²) in [7, 11) is 0. The topological polar surface area (TPSA) is 137 Å². The minimum Gasteiger partial charge on any atom is -0.465 e. The molecule has 2 amide bonds. The Hall–Kier alpha value is -4.50. The zero-order valence-electron chi connectivity index (χ0n) is 24.4. The highest BCUT2D eigenvalue weighted by atomic mass is 16.5. The smallest absolute Gasteiger partial charge is 0.408 e. The summed E-state index contributed by atoms with van der Waals surface area (Å²) in [5, 5.41) is 5.57. The monoisotopic (exact) mass is 585 g/mol. The molecule has 0 radical (unpaired) electrons. The van der Waals surface area contributed by atoms with Crippen molar-refractivity contribution < 1.29 is 28.7 Å². The van der Waals surface area contributed by atoms with Crippen LogP contribution >= 0.6 is 0 Å². The maximum Gasteiger partial charge on any atom is 0.408 e. The second kappa shape index (κ2) is 15.1. The fraction of sp³-hybridized carbons (Fsp3) is 0.353. The van der Waals surface area contributed by atoms with Gasteiger partial charge in [0.25, 0.3) is 0 Å². The van der Waals surface area contributed by atoms with Gasteiger partial charge in [0.2, 0.25) is 5.91 Å². The highest BCUT2D eigenvalue weighted by molar-refractivity contribution is 5.98. The van der Waals surface area contributed by atoms with Gasteiger partial charge in [-0.15, -0.1) is 0 Å². The summed E-state index contributed by atoms with van der Waals surface area (Å²) in [6, 6.07) is 25.7. The number of alkyl carbamates (subject to hydrolysis) is 1. The molecule has 43 heavy (non-hydrogen) atoms. The van der Waals surface area contributed by atoms with Crippen LogP contribution in [0.5, 0.6) is 0 Å². The Morgan fingerprint density at radius 3 is 1.88 bits per heavy atom. The molecule has 4 unspecified atom stereocenters. The molecule has 0 saturated heterocycles. The maximum atomic E-state index is 14.1. The Morgan fingerprint density at radius 2 is 1.33 bits per heavy atom. The molecular weight excluding hydrogens is 546 g/mol. The average molecular weight is 586 g/mol. The van der Waals surface area contributed by atoms with Gasteiger partial charge in [0.15, 0.2) is 5.78 Å². The number of rotatable bonds is 13. The zero-order valence-corrected chi connectivity index (χ0v) is 24.4. The molecule has 0 heterocycles. The van der Waals surface area contributed by atoms with E-state index in [-0.39, 0.29) is 31.8 Å². The van der Waals surface area contributed by atoms with E-state index in [9.17, 15) is 19.2 Å². The largest absolute Gasteiger partial charge is 0.465 e. The Balaban J connectivity index is 1.55. The van der Waals surface area contributed by atoms with E-state index in [2.05, 4.69) is 10.6 Å². The molecule has 4 rings (SSSR count). The molecule has 0 aromatic heterocycles. The number of esters is 1. The third-order valence-corrected chi connectivity index (χ3v) is 7.75. The number of carbonyl (C=O) groups is 4. The summed E-state index contributed by atoms with van der Waals surface area (Å²) in [6.07, 6.45) is 0.921. The number of nitrogens with two attached hydrogens (primary N) is 1. The first-order valence-corrected chi connectivity index (χ1v) is 14.7. The molecule has 0 aliphatic heterocycles. The van der Waals surface area contributed by atoms with Gasteiger partial charge < -0.3 is 25.8 Å². The van der Waals surface area contributed by atoms with Crippen LogP contribution in [0.1, 0.15) is 42.9 Å². The van der Waals surface area contributed by atoms with Crippen molar-refractivity contribution in [3.63, 3.8) is 0 Å². The molecule has 9 heteroatoms. The fourth-order valence-corrected chi connectivity index (χ4v) is 5.49. The number of nitrogens with one attached hydrogen (secondary N) is 2. The van der Waals surface area contributed by atoms with Crippen molar-refractivity contribution in [2.45, 2.75) is 63.3 Å². The van der Waals surface area contributed by atoms with Gasteiger partial charge in [0.05, 0.1) is 12.6 Å². The molecule has 4 atom stereocenters. The minimum atomic E-state index is -1.46. The number of hydrogen-bond acceptors (Lipinski definition) is 7. The normalized spacial score (nSPS) is 19.1.